The highest BCUT2D eigenvalue weighted by Crippen LogP contribution is 2.31. The van der Waals surface area contributed by atoms with Crippen molar-refractivity contribution in [1.82, 2.24) is 23.9 Å². The molecule has 0 amide bonds. The normalized spacial score (nSPS) is 13.1. The number of imidazole rings is 2. The average molecular weight is 263 g/mol. The maximum absolute atomic E-state index is 4.66. The van der Waals surface area contributed by atoms with Crippen molar-refractivity contribution in [2.24, 2.45) is 7.05 Å². The molecule has 0 saturated carbocycles. The molecule has 0 saturated heterocycles. The molecule has 0 fully saturated rings. The Hall–Kier alpha value is -2.76. The maximum atomic E-state index is 4.66. The predicted octanol–water partition coefficient (Wildman–Crippen LogP) is 0.932. The number of rotatable bonds is 0. The van der Waals surface area contributed by atoms with Crippen LogP contribution in [0.25, 0.3) is 28.6 Å². The van der Waals surface area contributed by atoms with Crippen LogP contribution in [0, 0.1) is 0 Å². The van der Waals surface area contributed by atoms with E-state index >= 15 is 0 Å². The van der Waals surface area contributed by atoms with Crippen LogP contribution in [-0.4, -0.2) is 23.9 Å². The Kier molecular flexibility index (Phi) is 1.62. The lowest BCUT2D eigenvalue weighted by atomic mass is 10.2. The molecule has 0 atom stereocenters. The van der Waals surface area contributed by atoms with Gasteiger partial charge >= 0.3 is 0 Å². The molecule has 0 N–H and O–H groups in total. The van der Waals surface area contributed by atoms with Crippen LogP contribution in [0.1, 0.15) is 5.56 Å². The molecule has 6 heteroatoms. The van der Waals surface area contributed by atoms with Crippen molar-refractivity contribution < 1.29 is 4.57 Å². The van der Waals surface area contributed by atoms with Gasteiger partial charge in [0.2, 0.25) is 0 Å². The first-order valence-corrected chi connectivity index (χ1v) is 6.50. The van der Waals surface area contributed by atoms with E-state index in [1.165, 1.54) is 5.56 Å². The van der Waals surface area contributed by atoms with Crippen LogP contribution < -0.4 is 4.57 Å². The van der Waals surface area contributed by atoms with E-state index in [2.05, 4.69) is 37.2 Å². The third-order valence-electron chi connectivity index (χ3n) is 3.94. The van der Waals surface area contributed by atoms with Gasteiger partial charge in [0.05, 0.1) is 19.8 Å². The van der Waals surface area contributed by atoms with Gasteiger partial charge in [-0.05, 0) is 12.1 Å². The number of aryl methyl sites for hydroxylation is 1. The van der Waals surface area contributed by atoms with E-state index < -0.39 is 0 Å². The summed E-state index contributed by atoms with van der Waals surface area (Å²) in [6.07, 6.45) is 5.60. The van der Waals surface area contributed by atoms with Crippen LogP contribution in [0.15, 0.2) is 36.8 Å². The predicted molar refractivity (Wildman–Crippen MR) is 72.0 cm³/mol. The standard InChI is InChI=1S/C14H11N6/c1-18-12-10-9(4-2-5-15-10)8-20(12)11-13(18)19-7-3-6-16-14(19)17-11/h2-7H,8H2,1H3/q+1. The van der Waals surface area contributed by atoms with Crippen LogP contribution >= 0.6 is 0 Å². The minimum atomic E-state index is 0.729. The van der Waals surface area contributed by atoms with E-state index in [4.69, 9.17) is 0 Å². The smallest absolute Gasteiger partial charge is 0.249 e. The Labute approximate surface area is 114 Å². The molecule has 5 rings (SSSR count). The molecular weight excluding hydrogens is 252 g/mol. The maximum Gasteiger partial charge on any atom is 0.299 e. The van der Waals surface area contributed by atoms with Gasteiger partial charge in [-0.25, -0.2) is 19.1 Å². The summed E-state index contributed by atoms with van der Waals surface area (Å²) in [7, 11) is 2.05. The van der Waals surface area contributed by atoms with E-state index in [9.17, 15) is 0 Å². The van der Waals surface area contributed by atoms with E-state index in [1.807, 2.05) is 28.9 Å². The molecule has 0 unspecified atom stereocenters. The highest BCUT2D eigenvalue weighted by Gasteiger charge is 2.34. The summed E-state index contributed by atoms with van der Waals surface area (Å²) in [5.41, 5.74) is 4.30. The third kappa shape index (κ3) is 1.01. The first-order chi connectivity index (χ1) is 9.84. The molecule has 1 aliphatic rings. The third-order valence-corrected chi connectivity index (χ3v) is 3.94. The Morgan fingerprint density at radius 1 is 1.20 bits per heavy atom. The SMILES string of the molecule is C[n+]1c2n(c3nc4ncccn4c31)Cc1cccnc1-2. The molecule has 0 spiro atoms. The minimum Gasteiger partial charge on any atom is -0.249 e. The molecule has 4 aromatic rings. The number of hydrogen-bond acceptors (Lipinski definition) is 3. The van der Waals surface area contributed by atoms with Crippen molar-refractivity contribution >= 4 is 17.1 Å². The summed E-state index contributed by atoms with van der Waals surface area (Å²) in [5, 5.41) is 0. The van der Waals surface area contributed by atoms with Crippen LogP contribution in [0.3, 0.4) is 0 Å². The topological polar surface area (TPSA) is 51.9 Å². The van der Waals surface area contributed by atoms with Crippen molar-refractivity contribution in [2.75, 3.05) is 0 Å². The molecule has 20 heavy (non-hydrogen) atoms. The lowest BCUT2D eigenvalue weighted by Gasteiger charge is -1.95. The highest BCUT2D eigenvalue weighted by atomic mass is 15.3. The molecule has 5 heterocycles. The van der Waals surface area contributed by atoms with Crippen LogP contribution in [0.2, 0.25) is 0 Å². The van der Waals surface area contributed by atoms with Gasteiger partial charge < -0.3 is 0 Å². The molecule has 0 radical (unpaired) electrons. The summed E-state index contributed by atoms with van der Waals surface area (Å²) in [6.45, 7) is 0.819. The summed E-state index contributed by atoms with van der Waals surface area (Å²) >= 11 is 0. The molecule has 0 aromatic carbocycles. The van der Waals surface area contributed by atoms with Gasteiger partial charge in [0.15, 0.2) is 0 Å². The van der Waals surface area contributed by atoms with E-state index in [0.717, 1.165) is 35.1 Å². The van der Waals surface area contributed by atoms with Gasteiger partial charge in [-0.3, -0.25) is 0 Å². The fourth-order valence-corrected chi connectivity index (χ4v) is 3.11. The minimum absolute atomic E-state index is 0.729. The zero-order valence-corrected chi connectivity index (χ0v) is 10.9. The van der Waals surface area contributed by atoms with Gasteiger partial charge in [0.1, 0.15) is 5.69 Å². The van der Waals surface area contributed by atoms with Gasteiger partial charge in [-0.2, -0.15) is 9.38 Å². The monoisotopic (exact) mass is 263 g/mol. The van der Waals surface area contributed by atoms with Crippen molar-refractivity contribution in [3.05, 3.63) is 42.4 Å². The molecule has 96 valence electrons. The lowest BCUT2D eigenvalue weighted by Crippen LogP contribution is -2.30. The summed E-state index contributed by atoms with van der Waals surface area (Å²) < 4.78 is 6.38. The van der Waals surface area contributed by atoms with Crippen molar-refractivity contribution in [3.8, 4) is 11.5 Å². The number of pyridine rings is 1. The largest absolute Gasteiger partial charge is 0.299 e. The fraction of sp³-hybridized carbons (Fsp3) is 0.143. The first kappa shape index (κ1) is 10.1. The molecular formula is C14H11N6+. The second kappa shape index (κ2) is 3.22. The zero-order valence-electron chi connectivity index (χ0n) is 10.9. The van der Waals surface area contributed by atoms with Crippen molar-refractivity contribution in [1.29, 1.82) is 0 Å². The number of fused-ring (bicyclic) bond motifs is 7. The summed E-state index contributed by atoms with van der Waals surface area (Å²) in [4.78, 5) is 13.5. The lowest BCUT2D eigenvalue weighted by molar-refractivity contribution is -0.636. The average Bonchev–Trinajstić information content (AvgIpc) is 3.10. The zero-order chi connectivity index (χ0) is 13.3. The van der Waals surface area contributed by atoms with Crippen LogP contribution in [0.5, 0.6) is 0 Å². The van der Waals surface area contributed by atoms with Crippen LogP contribution in [0.4, 0.5) is 0 Å². The van der Waals surface area contributed by atoms with Gasteiger partial charge in [0, 0.05) is 18.0 Å². The van der Waals surface area contributed by atoms with E-state index in [-0.39, 0.29) is 0 Å². The molecule has 4 aromatic heterocycles. The molecule has 1 aliphatic heterocycles. The molecule has 0 bridgehead atoms. The van der Waals surface area contributed by atoms with E-state index in [0.29, 0.717) is 0 Å². The van der Waals surface area contributed by atoms with Gasteiger partial charge in [-0.1, -0.05) is 6.07 Å². The number of hydrogen-bond donors (Lipinski definition) is 0. The number of nitrogens with zero attached hydrogens (tertiary/aromatic N) is 6. The molecule has 6 nitrogen and oxygen atoms in total. The summed E-state index contributed by atoms with van der Waals surface area (Å²) in [5.74, 6) is 1.84. The Balaban J connectivity index is 1.98. The first-order valence-electron chi connectivity index (χ1n) is 6.50. The quantitative estimate of drug-likeness (QED) is 0.391. The Morgan fingerprint density at radius 3 is 3.05 bits per heavy atom. The fourth-order valence-electron chi connectivity index (χ4n) is 3.11. The van der Waals surface area contributed by atoms with E-state index in [1.54, 1.807) is 6.20 Å². The molecule has 0 aliphatic carbocycles. The van der Waals surface area contributed by atoms with Crippen molar-refractivity contribution in [3.63, 3.8) is 0 Å². The second-order valence-electron chi connectivity index (χ2n) is 5.03. The van der Waals surface area contributed by atoms with Gasteiger partial charge in [-0.15, -0.1) is 0 Å². The van der Waals surface area contributed by atoms with Crippen molar-refractivity contribution in [2.45, 2.75) is 6.54 Å². The highest BCUT2D eigenvalue weighted by molar-refractivity contribution is 5.75. The van der Waals surface area contributed by atoms with Gasteiger partial charge in [0.25, 0.3) is 22.9 Å². The summed E-state index contributed by atoms with van der Waals surface area (Å²) in [6, 6.07) is 6.02. The second-order valence-corrected chi connectivity index (χ2v) is 5.03. The Morgan fingerprint density at radius 2 is 2.10 bits per heavy atom. The Bertz CT molecular complexity index is 994. The van der Waals surface area contributed by atoms with Crippen LogP contribution in [-0.2, 0) is 13.6 Å². The number of aromatic nitrogens is 6.